The molecule has 0 saturated carbocycles. The number of aliphatic hydroxyl groups is 18. The van der Waals surface area contributed by atoms with Crippen LogP contribution < -0.4 is 5.32 Å². The summed E-state index contributed by atoms with van der Waals surface area (Å²) >= 11 is 0. The van der Waals surface area contributed by atoms with Crippen LogP contribution in [0.3, 0.4) is 0 Å². The highest BCUT2D eigenvalue weighted by Crippen LogP contribution is 2.41. The van der Waals surface area contributed by atoms with E-state index in [1.165, 1.54) is 6.92 Å². The molecule has 6 aliphatic heterocycles. The van der Waals surface area contributed by atoms with Gasteiger partial charge in [0, 0.05) is 12.8 Å². The molecule has 0 aliphatic carbocycles. The average Bonchev–Trinajstić information content (AvgIpc) is 3.45. The van der Waals surface area contributed by atoms with Crippen molar-refractivity contribution in [1.29, 1.82) is 0 Å². The van der Waals surface area contributed by atoms with Gasteiger partial charge in [0.2, 0.25) is 5.91 Å². The van der Waals surface area contributed by atoms with Crippen molar-refractivity contribution in [3.05, 3.63) is 0 Å². The molecule has 19 N–H and O–H groups in total. The van der Waals surface area contributed by atoms with Gasteiger partial charge in [-0.2, -0.15) is 0 Å². The molecule has 6 saturated heterocycles. The molecule has 0 aromatic heterocycles. The highest BCUT2D eigenvalue weighted by atomic mass is 16.9. The maximum atomic E-state index is 12.9. The van der Waals surface area contributed by atoms with Crippen LogP contribution in [0.15, 0.2) is 0 Å². The van der Waals surface area contributed by atoms with E-state index in [1.54, 1.807) is 13.8 Å². The van der Waals surface area contributed by atoms with Crippen molar-refractivity contribution in [3.63, 3.8) is 0 Å². The number of amides is 1. The van der Waals surface area contributed by atoms with Crippen LogP contribution in [-0.4, -0.2) is 334 Å². The molecule has 1 amide bonds. The van der Waals surface area contributed by atoms with Gasteiger partial charge in [-0.3, -0.25) is 9.59 Å². The van der Waals surface area contributed by atoms with Crippen LogP contribution in [0.1, 0.15) is 34.1 Å². The first-order valence-electron chi connectivity index (χ1n) is 25.5. The first kappa shape index (κ1) is 65.9. The molecule has 0 aromatic carbocycles. The lowest BCUT2D eigenvalue weighted by Gasteiger charge is -2.51. The predicted octanol–water partition coefficient (Wildman–Crippen LogP) is -12.0. The molecular weight excluding hydrogens is 1080 g/mol. The van der Waals surface area contributed by atoms with Crippen molar-refractivity contribution in [2.45, 2.75) is 224 Å². The van der Waals surface area contributed by atoms with E-state index in [0.29, 0.717) is 0 Å². The van der Waals surface area contributed by atoms with E-state index in [-0.39, 0.29) is 6.47 Å². The third-order valence-corrected chi connectivity index (χ3v) is 14.4. The highest BCUT2D eigenvalue weighted by Gasteiger charge is 2.60. The van der Waals surface area contributed by atoms with Gasteiger partial charge in [0.15, 0.2) is 31.5 Å². The maximum Gasteiger partial charge on any atom is 0.332 e. The van der Waals surface area contributed by atoms with Crippen molar-refractivity contribution in [3.8, 4) is 0 Å². The molecule has 0 spiro atoms. The lowest BCUT2D eigenvalue weighted by atomic mass is 9.86. The quantitative estimate of drug-likeness (QED) is 0.0334. The summed E-state index contributed by atoms with van der Waals surface area (Å²) in [6.07, 6.45) is -54.6. The third-order valence-electron chi connectivity index (χ3n) is 14.4. The molecule has 11 unspecified atom stereocenters. The molecule has 0 aromatic rings. The summed E-state index contributed by atoms with van der Waals surface area (Å²) < 4.78 is 74.2. The van der Waals surface area contributed by atoms with E-state index in [4.69, 9.17) is 61.6 Å². The molecule has 0 bridgehead atoms. The zero-order valence-electron chi connectivity index (χ0n) is 43.1. The van der Waals surface area contributed by atoms with E-state index in [0.717, 1.165) is 6.92 Å². The van der Waals surface area contributed by atoms with Gasteiger partial charge >= 0.3 is 5.97 Å². The molecule has 0 radical (unpaired) electrons. The summed E-state index contributed by atoms with van der Waals surface area (Å²) in [7, 11) is 0. The number of hydrogen-bond donors (Lipinski definition) is 19. The molecule has 6 heterocycles. The van der Waals surface area contributed by atoms with Gasteiger partial charge in [0.25, 0.3) is 6.47 Å². The topological polar surface area (TPSA) is 530 Å². The normalized spacial score (nSPS) is 47.8. The first-order valence-corrected chi connectivity index (χ1v) is 25.5. The molecule has 31 atom stereocenters. The second kappa shape index (κ2) is 28.5. The second-order valence-corrected chi connectivity index (χ2v) is 20.3. The number of ether oxygens (including phenoxy) is 13. The molecule has 6 aliphatic rings. The Balaban J connectivity index is 1.23. The standard InChI is InChI=1S/C45H77NO33/c1-13(2)68-41-30(63)28(61)35(21(10-51)72-41)74-42-31(64)29(62)36(22(11-52)73-42)75-43-32(65)38(26(59)19(8-49)70-43)77-40-23(46-15(4)54)37(25(58)18(7-48)69-40)76-44-33(66)39(27(60)20(9-50)71-44)79-45(67-12-53)5-16(55)14(3)34(78-45)24(57)17(56)6-47/h12-14,16-44,47-52,55-66H,5-11H2,1-4H3,(H,46,54)/t14-,16-,17-,18?,19?,20?,21?,22?,23+,24-,25+,26+,27+,28?,29?,30+,31+,32+,33+,34?,35-,36+,37?,38?,39?,40+,41-,42+,43-,44+,45+/m1/s1. The Morgan fingerprint density at radius 2 is 0.987 bits per heavy atom. The van der Waals surface area contributed by atoms with Crippen molar-refractivity contribution in [1.82, 2.24) is 5.32 Å². The number of nitrogens with one attached hydrogen (secondary N) is 1. The molecule has 6 fully saturated rings. The molecule has 34 nitrogen and oxygen atoms in total. The van der Waals surface area contributed by atoms with Gasteiger partial charge in [0.1, 0.15) is 134 Å². The van der Waals surface area contributed by atoms with Crippen molar-refractivity contribution < 1.29 is 163 Å². The molecule has 34 heteroatoms. The number of carbonyl (C=O) groups is 2. The van der Waals surface area contributed by atoms with Gasteiger partial charge in [0.05, 0.1) is 64.4 Å². The zero-order valence-corrected chi connectivity index (χ0v) is 43.1. The number of hydrogen-bond acceptors (Lipinski definition) is 33. The Kier molecular flexibility index (Phi) is 23.8. The van der Waals surface area contributed by atoms with Crippen LogP contribution in [0.4, 0.5) is 0 Å². The fourth-order valence-corrected chi connectivity index (χ4v) is 10.1. The van der Waals surface area contributed by atoms with Gasteiger partial charge in [-0.05, 0) is 13.8 Å². The molecular formula is C45H77NO33. The number of carbonyl (C=O) groups excluding carboxylic acids is 2. The van der Waals surface area contributed by atoms with E-state index in [2.05, 4.69) is 5.32 Å². The fraction of sp³-hybridized carbons (Fsp3) is 0.956. The summed E-state index contributed by atoms with van der Waals surface area (Å²) in [6, 6.07) is -1.85. The van der Waals surface area contributed by atoms with E-state index in [9.17, 15) is 102 Å². The van der Waals surface area contributed by atoms with Crippen molar-refractivity contribution >= 4 is 12.4 Å². The average molecular weight is 1160 g/mol. The number of aliphatic hydroxyl groups excluding tert-OH is 18. The molecule has 6 rings (SSSR count). The van der Waals surface area contributed by atoms with Crippen LogP contribution in [0.2, 0.25) is 0 Å². The first-order chi connectivity index (χ1) is 37.3. The maximum absolute atomic E-state index is 12.9. The largest absolute Gasteiger partial charge is 0.410 e. The summed E-state index contributed by atoms with van der Waals surface area (Å²) in [4.78, 5) is 24.7. The number of rotatable bonds is 23. The minimum absolute atomic E-state index is 0.211. The van der Waals surface area contributed by atoms with Crippen LogP contribution in [0.25, 0.3) is 0 Å². The van der Waals surface area contributed by atoms with Gasteiger partial charge in [-0.25, -0.2) is 0 Å². The fourth-order valence-electron chi connectivity index (χ4n) is 10.1. The van der Waals surface area contributed by atoms with Crippen molar-refractivity contribution in [2.75, 3.05) is 39.6 Å². The van der Waals surface area contributed by atoms with E-state index in [1.807, 2.05) is 0 Å². The third kappa shape index (κ3) is 14.5. The van der Waals surface area contributed by atoms with E-state index >= 15 is 0 Å². The zero-order chi connectivity index (χ0) is 58.5. The van der Waals surface area contributed by atoms with Crippen LogP contribution in [-0.2, 0) is 71.2 Å². The van der Waals surface area contributed by atoms with Gasteiger partial charge in [-0.15, -0.1) is 0 Å². The van der Waals surface area contributed by atoms with Gasteiger partial charge < -0.3 is 159 Å². The monoisotopic (exact) mass is 1160 g/mol. The van der Waals surface area contributed by atoms with Crippen LogP contribution in [0, 0.1) is 5.92 Å². The minimum atomic E-state index is -2.79. The molecule has 79 heavy (non-hydrogen) atoms. The predicted molar refractivity (Wildman–Crippen MR) is 245 cm³/mol. The SMILES string of the molecule is CC(=O)N[C@H]1C(O[C@@H]2OC(CO)[C@H](O)C(O[C@]3(OC=O)C[C@@H](O)[C@@H](C)C([C@H](O)[C@H](O)CO)O3)[C@@H]2O)[C@@H](O)C(CO)O[C@H]1OC1[C@@H](O)C(CO)O[C@H](O[C@H]2C(CO)O[C@@H](O[C@@H]3C(CO)O[C@@H](OC(C)C)[C@@H](O)C3O)[C@@H](O)C2O)[C@H]1O. The van der Waals surface area contributed by atoms with Crippen LogP contribution in [0.5, 0.6) is 0 Å². The Morgan fingerprint density at radius 3 is 1.47 bits per heavy atom. The second-order valence-electron chi connectivity index (χ2n) is 20.3. The highest BCUT2D eigenvalue weighted by molar-refractivity contribution is 5.73. The Hall–Kier alpha value is -2.26. The Labute approximate surface area is 449 Å². The van der Waals surface area contributed by atoms with Crippen LogP contribution >= 0.6 is 0 Å². The Morgan fingerprint density at radius 1 is 0.570 bits per heavy atom. The summed E-state index contributed by atoms with van der Waals surface area (Å²) in [5, 5.41) is 198. The minimum Gasteiger partial charge on any atom is -0.410 e. The smallest absolute Gasteiger partial charge is 0.332 e. The lowest BCUT2D eigenvalue weighted by Crippen LogP contribution is -2.70. The summed E-state index contributed by atoms with van der Waals surface area (Å²) in [5.41, 5.74) is 0. The molecule has 460 valence electrons. The Bertz CT molecular complexity index is 1880. The summed E-state index contributed by atoms with van der Waals surface area (Å²) in [6.45, 7) is -0.608. The van der Waals surface area contributed by atoms with E-state index < -0.39 is 248 Å². The lowest BCUT2D eigenvalue weighted by molar-refractivity contribution is -0.448. The summed E-state index contributed by atoms with van der Waals surface area (Å²) in [5.74, 6) is -4.74. The van der Waals surface area contributed by atoms with Crippen molar-refractivity contribution in [2.24, 2.45) is 5.92 Å². The van der Waals surface area contributed by atoms with Gasteiger partial charge in [-0.1, -0.05) is 6.92 Å².